The molecule has 1 heterocycles. The molecule has 0 aliphatic carbocycles. The van der Waals surface area contributed by atoms with E-state index in [0.717, 1.165) is 11.4 Å². The van der Waals surface area contributed by atoms with Crippen LogP contribution in [0.3, 0.4) is 0 Å². The van der Waals surface area contributed by atoms with E-state index >= 15 is 0 Å². The molecule has 1 fully saturated rings. The van der Waals surface area contributed by atoms with Crippen molar-refractivity contribution in [1.29, 1.82) is 0 Å². The van der Waals surface area contributed by atoms with Crippen LogP contribution in [0.4, 0.5) is 16.2 Å². The van der Waals surface area contributed by atoms with Gasteiger partial charge in [-0.2, -0.15) is 0 Å². The number of hydrogen-bond donors (Lipinski definition) is 2. The summed E-state index contributed by atoms with van der Waals surface area (Å²) in [5.41, 5.74) is 7.13. The molecule has 0 aromatic heterocycles. The second-order valence-corrected chi connectivity index (χ2v) is 5.54. The molecule has 1 aromatic rings. The van der Waals surface area contributed by atoms with E-state index in [1.807, 2.05) is 43.3 Å². The Balaban J connectivity index is 1.88. The van der Waals surface area contributed by atoms with E-state index in [2.05, 4.69) is 5.32 Å². The lowest BCUT2D eigenvalue weighted by Crippen LogP contribution is -2.43. The van der Waals surface area contributed by atoms with Crippen molar-refractivity contribution in [2.45, 2.75) is 12.8 Å². The molecule has 0 spiro atoms. The average molecular weight is 290 g/mol. The third kappa shape index (κ3) is 3.87. The van der Waals surface area contributed by atoms with Gasteiger partial charge in [0.25, 0.3) is 0 Å². The monoisotopic (exact) mass is 290 g/mol. The molecule has 1 aliphatic heterocycles. The van der Waals surface area contributed by atoms with E-state index in [-0.39, 0.29) is 17.9 Å². The molecule has 6 heteroatoms. The van der Waals surface area contributed by atoms with E-state index < -0.39 is 0 Å². The molecular weight excluding hydrogens is 268 g/mol. The molecule has 0 saturated carbocycles. The van der Waals surface area contributed by atoms with Crippen LogP contribution < -0.4 is 16.0 Å². The van der Waals surface area contributed by atoms with Gasteiger partial charge in [-0.25, -0.2) is 4.79 Å². The van der Waals surface area contributed by atoms with Gasteiger partial charge in [0.1, 0.15) is 0 Å². The minimum absolute atomic E-state index is 0.103. The number of nitrogens with zero attached hydrogens (tertiary/aromatic N) is 2. The van der Waals surface area contributed by atoms with Gasteiger partial charge < -0.3 is 20.9 Å². The van der Waals surface area contributed by atoms with Crippen molar-refractivity contribution in [1.82, 2.24) is 4.90 Å². The number of primary amides is 1. The fourth-order valence-electron chi connectivity index (χ4n) is 2.41. The molecule has 3 N–H and O–H groups in total. The summed E-state index contributed by atoms with van der Waals surface area (Å²) in [6.45, 7) is 1.13. The molecule has 0 radical (unpaired) electrons. The summed E-state index contributed by atoms with van der Waals surface area (Å²) in [7, 11) is 3.94. The lowest BCUT2D eigenvalue weighted by Gasteiger charge is -2.30. The Labute approximate surface area is 124 Å². The normalized spacial score (nSPS) is 15.6. The molecule has 0 atom stereocenters. The minimum atomic E-state index is -0.269. The number of anilines is 2. The first-order chi connectivity index (χ1) is 9.97. The quantitative estimate of drug-likeness (QED) is 0.885. The third-order valence-electron chi connectivity index (χ3n) is 3.82. The zero-order valence-electron chi connectivity index (χ0n) is 12.5. The Hall–Kier alpha value is -2.24. The molecule has 0 unspecified atom stereocenters. The molecule has 1 aliphatic rings. The predicted molar refractivity (Wildman–Crippen MR) is 83.3 cm³/mol. The van der Waals surface area contributed by atoms with E-state index in [9.17, 15) is 9.59 Å². The molecule has 1 aromatic carbocycles. The van der Waals surface area contributed by atoms with Gasteiger partial charge in [-0.3, -0.25) is 4.79 Å². The second kappa shape index (κ2) is 6.47. The number of piperidine rings is 1. The molecule has 21 heavy (non-hydrogen) atoms. The van der Waals surface area contributed by atoms with Gasteiger partial charge in [0.2, 0.25) is 5.91 Å². The summed E-state index contributed by atoms with van der Waals surface area (Å²) in [6, 6.07) is 7.53. The van der Waals surface area contributed by atoms with Crippen molar-refractivity contribution in [2.24, 2.45) is 11.7 Å². The third-order valence-corrected chi connectivity index (χ3v) is 3.82. The van der Waals surface area contributed by atoms with Crippen LogP contribution in [0.2, 0.25) is 0 Å². The maximum absolute atomic E-state index is 12.2. The van der Waals surface area contributed by atoms with Crippen LogP contribution in [-0.4, -0.2) is 44.0 Å². The van der Waals surface area contributed by atoms with Crippen molar-refractivity contribution < 1.29 is 9.59 Å². The first-order valence-electron chi connectivity index (χ1n) is 7.10. The Morgan fingerprint density at radius 1 is 1.19 bits per heavy atom. The lowest BCUT2D eigenvalue weighted by molar-refractivity contribution is -0.122. The highest BCUT2D eigenvalue weighted by Gasteiger charge is 2.25. The largest absolute Gasteiger partial charge is 0.378 e. The number of carbonyl (C=O) groups is 2. The van der Waals surface area contributed by atoms with Crippen LogP contribution in [0.25, 0.3) is 0 Å². The van der Waals surface area contributed by atoms with Crippen LogP contribution in [0.1, 0.15) is 12.8 Å². The predicted octanol–water partition coefficient (Wildman–Crippen LogP) is 1.48. The van der Waals surface area contributed by atoms with Gasteiger partial charge in [-0.1, -0.05) is 0 Å². The highest BCUT2D eigenvalue weighted by atomic mass is 16.2. The van der Waals surface area contributed by atoms with Crippen LogP contribution in [0, 0.1) is 5.92 Å². The number of nitrogens with two attached hydrogens (primary N) is 1. The van der Waals surface area contributed by atoms with Crippen molar-refractivity contribution in [2.75, 3.05) is 37.4 Å². The second-order valence-electron chi connectivity index (χ2n) is 5.54. The lowest BCUT2D eigenvalue weighted by atomic mass is 9.96. The Morgan fingerprint density at radius 3 is 2.24 bits per heavy atom. The summed E-state index contributed by atoms with van der Waals surface area (Å²) >= 11 is 0. The summed E-state index contributed by atoms with van der Waals surface area (Å²) in [6.07, 6.45) is 1.28. The summed E-state index contributed by atoms with van der Waals surface area (Å²) in [5, 5.41) is 2.87. The number of nitrogens with one attached hydrogen (secondary N) is 1. The zero-order valence-corrected chi connectivity index (χ0v) is 12.5. The van der Waals surface area contributed by atoms with Gasteiger partial charge in [-0.05, 0) is 37.1 Å². The van der Waals surface area contributed by atoms with Crippen LogP contribution >= 0.6 is 0 Å². The molecule has 114 valence electrons. The SMILES string of the molecule is CN(C)c1ccc(NC(=O)N2CCC(C(N)=O)CC2)cc1. The molecule has 3 amide bonds. The summed E-state index contributed by atoms with van der Waals surface area (Å²) in [4.78, 5) is 27.0. The number of amides is 3. The minimum Gasteiger partial charge on any atom is -0.378 e. The van der Waals surface area contributed by atoms with E-state index in [1.54, 1.807) is 4.90 Å². The van der Waals surface area contributed by atoms with Crippen molar-refractivity contribution in [3.63, 3.8) is 0 Å². The maximum atomic E-state index is 12.2. The molecule has 2 rings (SSSR count). The molecule has 0 bridgehead atoms. The van der Waals surface area contributed by atoms with Gasteiger partial charge in [0, 0.05) is 44.5 Å². The molecule has 6 nitrogen and oxygen atoms in total. The van der Waals surface area contributed by atoms with E-state index in [4.69, 9.17) is 5.73 Å². The highest BCUT2D eigenvalue weighted by molar-refractivity contribution is 5.89. The van der Waals surface area contributed by atoms with Crippen molar-refractivity contribution in [3.8, 4) is 0 Å². The number of hydrogen-bond acceptors (Lipinski definition) is 3. The van der Waals surface area contributed by atoms with Crippen LogP contribution in [0.5, 0.6) is 0 Å². The number of carbonyl (C=O) groups excluding carboxylic acids is 2. The van der Waals surface area contributed by atoms with Gasteiger partial charge in [0.05, 0.1) is 0 Å². The first kappa shape index (κ1) is 15.2. The highest BCUT2D eigenvalue weighted by Crippen LogP contribution is 2.19. The average Bonchev–Trinajstić information content (AvgIpc) is 2.47. The smallest absolute Gasteiger partial charge is 0.321 e. The molecular formula is C15H22N4O2. The fourth-order valence-corrected chi connectivity index (χ4v) is 2.41. The van der Waals surface area contributed by atoms with Gasteiger partial charge in [0.15, 0.2) is 0 Å². The van der Waals surface area contributed by atoms with Crippen molar-refractivity contribution in [3.05, 3.63) is 24.3 Å². The van der Waals surface area contributed by atoms with E-state index in [0.29, 0.717) is 25.9 Å². The fraction of sp³-hybridized carbons (Fsp3) is 0.467. The number of rotatable bonds is 3. The topological polar surface area (TPSA) is 78.7 Å². The Bertz CT molecular complexity index is 505. The van der Waals surface area contributed by atoms with Crippen LogP contribution in [-0.2, 0) is 4.79 Å². The number of benzene rings is 1. The number of urea groups is 1. The summed E-state index contributed by atoms with van der Waals surface area (Å²) < 4.78 is 0. The number of likely N-dealkylation sites (tertiary alicyclic amines) is 1. The Morgan fingerprint density at radius 2 is 1.76 bits per heavy atom. The van der Waals surface area contributed by atoms with E-state index in [1.165, 1.54) is 0 Å². The first-order valence-corrected chi connectivity index (χ1v) is 7.10. The van der Waals surface area contributed by atoms with Gasteiger partial charge >= 0.3 is 6.03 Å². The zero-order chi connectivity index (χ0) is 15.4. The standard InChI is InChI=1S/C15H22N4O2/c1-18(2)13-5-3-12(4-6-13)17-15(21)19-9-7-11(8-10-19)14(16)20/h3-6,11H,7-10H2,1-2H3,(H2,16,20)(H,17,21). The Kier molecular flexibility index (Phi) is 4.67. The summed E-state index contributed by atoms with van der Waals surface area (Å²) in [5.74, 6) is -0.372. The van der Waals surface area contributed by atoms with Crippen LogP contribution in [0.15, 0.2) is 24.3 Å². The molecule has 1 saturated heterocycles. The maximum Gasteiger partial charge on any atom is 0.321 e. The van der Waals surface area contributed by atoms with Gasteiger partial charge in [-0.15, -0.1) is 0 Å². The van der Waals surface area contributed by atoms with Crippen molar-refractivity contribution >= 4 is 23.3 Å².